The first-order valence-corrected chi connectivity index (χ1v) is 3.92. The quantitative estimate of drug-likeness (QED) is 0.375. The lowest BCUT2D eigenvalue weighted by Crippen LogP contribution is -2.54. The van der Waals surface area contributed by atoms with Gasteiger partial charge in [0.2, 0.25) is 0 Å². The van der Waals surface area contributed by atoms with E-state index in [-0.39, 0.29) is 0 Å². The van der Waals surface area contributed by atoms with Crippen LogP contribution in [0.5, 0.6) is 0 Å². The second-order valence-electron chi connectivity index (χ2n) is 3.16. The maximum absolute atomic E-state index is 11.0. The maximum atomic E-state index is 11.0. The van der Waals surface area contributed by atoms with Crippen molar-refractivity contribution in [2.75, 3.05) is 0 Å². The Kier molecular flexibility index (Phi) is 2.46. The van der Waals surface area contributed by atoms with Crippen molar-refractivity contribution in [3.63, 3.8) is 0 Å². The summed E-state index contributed by atoms with van der Waals surface area (Å²) in [4.78, 5) is 11.0. The summed E-state index contributed by atoms with van der Waals surface area (Å²) in [6.07, 6.45) is 4.45. The average Bonchev–Trinajstić information content (AvgIpc) is 2.04. The van der Waals surface area contributed by atoms with Gasteiger partial charge in [-0.25, -0.2) is 5.48 Å². The van der Waals surface area contributed by atoms with Crippen LogP contribution in [0, 0.1) is 0 Å². The summed E-state index contributed by atoms with van der Waals surface area (Å²) < 4.78 is 0. The minimum atomic E-state index is -0.812. The molecule has 0 saturated heterocycles. The number of rotatable bonds is 1. The molecule has 1 saturated carbocycles. The summed E-state index contributed by atoms with van der Waals surface area (Å²) in [6, 6.07) is 0. The van der Waals surface area contributed by atoms with Crippen LogP contribution in [0.15, 0.2) is 0 Å². The largest absolute Gasteiger partial charge is 0.317 e. The number of nitrogens with two attached hydrogens (primary N) is 1. The smallest absolute Gasteiger partial charge is 0.263 e. The molecule has 1 aliphatic carbocycles. The van der Waals surface area contributed by atoms with E-state index in [0.717, 1.165) is 19.3 Å². The predicted molar refractivity (Wildman–Crippen MR) is 39.9 cm³/mol. The lowest BCUT2D eigenvalue weighted by Gasteiger charge is -2.30. The van der Waals surface area contributed by atoms with E-state index in [0.29, 0.717) is 12.8 Å². The van der Waals surface area contributed by atoms with E-state index >= 15 is 0 Å². The van der Waals surface area contributed by atoms with Crippen LogP contribution in [0.25, 0.3) is 0 Å². The van der Waals surface area contributed by atoms with Gasteiger partial charge in [0.05, 0.1) is 5.54 Å². The van der Waals surface area contributed by atoms with Crippen LogP contribution in [0.2, 0.25) is 0 Å². The van der Waals surface area contributed by atoms with E-state index in [2.05, 4.69) is 0 Å². The number of hydroxylamine groups is 1. The van der Waals surface area contributed by atoms with E-state index < -0.39 is 11.4 Å². The van der Waals surface area contributed by atoms with Crippen molar-refractivity contribution >= 4 is 5.91 Å². The van der Waals surface area contributed by atoms with Gasteiger partial charge in [-0.15, -0.1) is 0 Å². The molecule has 0 spiro atoms. The zero-order chi connectivity index (χ0) is 8.32. The Hall–Kier alpha value is -0.610. The Labute approximate surface area is 65.7 Å². The van der Waals surface area contributed by atoms with Crippen LogP contribution in [0.4, 0.5) is 0 Å². The molecule has 1 rings (SSSR count). The van der Waals surface area contributed by atoms with Gasteiger partial charge < -0.3 is 5.73 Å². The van der Waals surface area contributed by atoms with Gasteiger partial charge in [0, 0.05) is 0 Å². The van der Waals surface area contributed by atoms with Gasteiger partial charge in [-0.05, 0) is 12.8 Å². The Morgan fingerprint density at radius 2 is 1.91 bits per heavy atom. The third-order valence-electron chi connectivity index (χ3n) is 2.30. The summed E-state index contributed by atoms with van der Waals surface area (Å²) in [5, 5.41) is 8.37. The first-order chi connectivity index (χ1) is 5.19. The van der Waals surface area contributed by atoms with Gasteiger partial charge in [0.15, 0.2) is 0 Å². The van der Waals surface area contributed by atoms with E-state index in [9.17, 15) is 4.79 Å². The summed E-state index contributed by atoms with van der Waals surface area (Å²) in [5.41, 5.74) is 6.54. The van der Waals surface area contributed by atoms with Crippen LogP contribution in [-0.2, 0) is 4.79 Å². The Bertz CT molecular complexity index is 153. The molecule has 4 nitrogen and oxygen atoms in total. The number of hydrogen-bond donors (Lipinski definition) is 3. The molecule has 11 heavy (non-hydrogen) atoms. The van der Waals surface area contributed by atoms with Crippen molar-refractivity contribution in [1.82, 2.24) is 5.48 Å². The van der Waals surface area contributed by atoms with Crippen LogP contribution >= 0.6 is 0 Å². The van der Waals surface area contributed by atoms with Gasteiger partial charge in [-0.2, -0.15) is 0 Å². The topological polar surface area (TPSA) is 75.4 Å². The lowest BCUT2D eigenvalue weighted by atomic mass is 9.82. The SMILES string of the molecule is NC1(C(=O)NO)CCCCC1. The van der Waals surface area contributed by atoms with Crippen molar-refractivity contribution in [3.05, 3.63) is 0 Å². The highest BCUT2D eigenvalue weighted by atomic mass is 16.5. The predicted octanol–water partition coefficient (Wildman–Crippen LogP) is 0.153. The molecule has 4 N–H and O–H groups in total. The highest BCUT2D eigenvalue weighted by Crippen LogP contribution is 2.25. The fourth-order valence-corrected chi connectivity index (χ4v) is 1.52. The fraction of sp³-hybridized carbons (Fsp3) is 0.857. The van der Waals surface area contributed by atoms with E-state index in [1.54, 1.807) is 5.48 Å². The highest BCUT2D eigenvalue weighted by molar-refractivity contribution is 5.85. The molecule has 0 bridgehead atoms. The summed E-state index contributed by atoms with van der Waals surface area (Å²) >= 11 is 0. The molecule has 0 unspecified atom stereocenters. The molecule has 1 amide bonds. The number of amides is 1. The Morgan fingerprint density at radius 1 is 1.36 bits per heavy atom. The first-order valence-electron chi connectivity index (χ1n) is 3.92. The standard InChI is InChI=1S/C7H14N2O2/c8-7(6(10)9-11)4-2-1-3-5-7/h11H,1-5,8H2,(H,9,10). The third kappa shape index (κ3) is 1.70. The van der Waals surface area contributed by atoms with Crippen molar-refractivity contribution < 1.29 is 10.0 Å². The summed E-state index contributed by atoms with van der Waals surface area (Å²) in [7, 11) is 0. The molecule has 0 heterocycles. The number of carbonyl (C=O) groups is 1. The molecular formula is C7H14N2O2. The maximum Gasteiger partial charge on any atom is 0.263 e. The molecule has 64 valence electrons. The molecule has 0 aromatic heterocycles. The molecule has 0 aromatic rings. The Morgan fingerprint density at radius 3 is 2.36 bits per heavy atom. The molecular weight excluding hydrogens is 144 g/mol. The van der Waals surface area contributed by atoms with Crippen LogP contribution in [0.1, 0.15) is 32.1 Å². The third-order valence-corrected chi connectivity index (χ3v) is 2.30. The molecule has 1 fully saturated rings. The van der Waals surface area contributed by atoms with E-state index in [1.165, 1.54) is 0 Å². The Balaban J connectivity index is 2.56. The number of carbonyl (C=O) groups excluding carboxylic acids is 1. The number of hydrogen-bond acceptors (Lipinski definition) is 3. The molecule has 1 aliphatic rings. The fourth-order valence-electron chi connectivity index (χ4n) is 1.52. The molecule has 0 radical (unpaired) electrons. The van der Waals surface area contributed by atoms with Crippen molar-refractivity contribution in [2.45, 2.75) is 37.6 Å². The second-order valence-corrected chi connectivity index (χ2v) is 3.16. The first kappa shape index (κ1) is 8.49. The molecule has 0 aromatic carbocycles. The lowest BCUT2D eigenvalue weighted by molar-refractivity contribution is -0.136. The zero-order valence-corrected chi connectivity index (χ0v) is 6.47. The summed E-state index contributed by atoms with van der Waals surface area (Å²) in [6.45, 7) is 0. The van der Waals surface area contributed by atoms with Crippen LogP contribution in [0.3, 0.4) is 0 Å². The minimum absolute atomic E-state index is 0.447. The highest BCUT2D eigenvalue weighted by Gasteiger charge is 2.34. The molecule has 4 heteroatoms. The van der Waals surface area contributed by atoms with Crippen LogP contribution < -0.4 is 11.2 Å². The van der Waals surface area contributed by atoms with Gasteiger partial charge in [-0.1, -0.05) is 19.3 Å². The molecule has 0 atom stereocenters. The van der Waals surface area contributed by atoms with Gasteiger partial charge >= 0.3 is 0 Å². The zero-order valence-electron chi connectivity index (χ0n) is 6.47. The van der Waals surface area contributed by atoms with Crippen molar-refractivity contribution in [2.24, 2.45) is 5.73 Å². The van der Waals surface area contributed by atoms with Gasteiger partial charge in [0.1, 0.15) is 0 Å². The van der Waals surface area contributed by atoms with Gasteiger partial charge in [-0.3, -0.25) is 10.0 Å². The van der Waals surface area contributed by atoms with Crippen LogP contribution in [-0.4, -0.2) is 16.7 Å². The summed E-state index contributed by atoms with van der Waals surface area (Å²) in [5.74, 6) is -0.447. The second kappa shape index (κ2) is 3.19. The number of nitrogens with one attached hydrogen (secondary N) is 1. The minimum Gasteiger partial charge on any atom is -0.317 e. The van der Waals surface area contributed by atoms with E-state index in [1.807, 2.05) is 0 Å². The monoisotopic (exact) mass is 158 g/mol. The van der Waals surface area contributed by atoms with Crippen molar-refractivity contribution in [3.8, 4) is 0 Å². The average molecular weight is 158 g/mol. The normalized spacial score (nSPS) is 22.7. The van der Waals surface area contributed by atoms with Gasteiger partial charge in [0.25, 0.3) is 5.91 Å². The molecule has 0 aliphatic heterocycles. The van der Waals surface area contributed by atoms with E-state index in [4.69, 9.17) is 10.9 Å². The van der Waals surface area contributed by atoms with Crippen molar-refractivity contribution in [1.29, 1.82) is 0 Å².